The zero-order valence-corrected chi connectivity index (χ0v) is 12.4. The lowest BCUT2D eigenvalue weighted by molar-refractivity contribution is -0.0174. The van der Waals surface area contributed by atoms with Gasteiger partial charge in [0.25, 0.3) is 0 Å². The Kier molecular flexibility index (Phi) is 3.23. The van der Waals surface area contributed by atoms with Gasteiger partial charge in [-0.1, -0.05) is 13.8 Å². The lowest BCUT2D eigenvalue weighted by Gasteiger charge is -2.45. The van der Waals surface area contributed by atoms with E-state index in [9.17, 15) is 4.79 Å². The van der Waals surface area contributed by atoms with E-state index in [1.807, 2.05) is 18.2 Å². The van der Waals surface area contributed by atoms with Crippen molar-refractivity contribution in [3.8, 4) is 11.5 Å². The summed E-state index contributed by atoms with van der Waals surface area (Å²) >= 11 is 0. The van der Waals surface area contributed by atoms with Crippen LogP contribution in [0.3, 0.4) is 0 Å². The summed E-state index contributed by atoms with van der Waals surface area (Å²) in [6, 6.07) is 5.49. The van der Waals surface area contributed by atoms with Gasteiger partial charge in [0.05, 0.1) is 19.1 Å². The SMILES string of the molecule is COc1ccc2c(c1)OC1(CC2=O)CC(C)CC(C)C1. The van der Waals surface area contributed by atoms with Gasteiger partial charge in [0, 0.05) is 6.07 Å². The highest BCUT2D eigenvalue weighted by atomic mass is 16.5. The maximum absolute atomic E-state index is 12.5. The van der Waals surface area contributed by atoms with Gasteiger partial charge in [-0.15, -0.1) is 0 Å². The molecule has 0 amide bonds. The van der Waals surface area contributed by atoms with Gasteiger partial charge >= 0.3 is 0 Å². The summed E-state index contributed by atoms with van der Waals surface area (Å²) in [5.74, 6) is 2.86. The number of fused-ring (bicyclic) bond motifs is 1. The van der Waals surface area contributed by atoms with Gasteiger partial charge in [0.15, 0.2) is 5.78 Å². The molecule has 0 saturated heterocycles. The lowest BCUT2D eigenvalue weighted by Crippen LogP contribution is -2.47. The zero-order valence-electron chi connectivity index (χ0n) is 12.4. The van der Waals surface area contributed by atoms with Crippen molar-refractivity contribution in [1.29, 1.82) is 0 Å². The molecule has 1 aromatic rings. The highest BCUT2D eigenvalue weighted by Crippen LogP contribution is 2.46. The quantitative estimate of drug-likeness (QED) is 0.780. The van der Waals surface area contributed by atoms with Crippen molar-refractivity contribution >= 4 is 5.78 Å². The molecule has 3 rings (SSSR count). The molecule has 1 spiro atoms. The van der Waals surface area contributed by atoms with Gasteiger partial charge in [0.1, 0.15) is 17.1 Å². The van der Waals surface area contributed by atoms with Crippen LogP contribution in [0.2, 0.25) is 0 Å². The summed E-state index contributed by atoms with van der Waals surface area (Å²) in [7, 11) is 1.63. The number of ether oxygens (including phenoxy) is 2. The number of hydrogen-bond donors (Lipinski definition) is 0. The van der Waals surface area contributed by atoms with Crippen LogP contribution >= 0.6 is 0 Å². The van der Waals surface area contributed by atoms with Crippen LogP contribution < -0.4 is 9.47 Å². The molecule has 0 bridgehead atoms. The smallest absolute Gasteiger partial charge is 0.170 e. The molecule has 0 aromatic heterocycles. The van der Waals surface area contributed by atoms with Crippen LogP contribution in [0.1, 0.15) is 49.9 Å². The molecule has 1 aliphatic heterocycles. The van der Waals surface area contributed by atoms with Gasteiger partial charge in [-0.25, -0.2) is 0 Å². The molecule has 1 saturated carbocycles. The second-order valence-electron chi connectivity index (χ2n) is 6.60. The predicted molar refractivity (Wildman–Crippen MR) is 77.5 cm³/mol. The molecule has 20 heavy (non-hydrogen) atoms. The maximum Gasteiger partial charge on any atom is 0.170 e. The summed E-state index contributed by atoms with van der Waals surface area (Å²) in [4.78, 5) is 12.5. The molecule has 2 unspecified atom stereocenters. The molecule has 2 aliphatic rings. The second-order valence-corrected chi connectivity index (χ2v) is 6.60. The number of rotatable bonds is 1. The average molecular weight is 274 g/mol. The number of carbonyl (C=O) groups excluding carboxylic acids is 1. The van der Waals surface area contributed by atoms with Crippen LogP contribution in [0.5, 0.6) is 11.5 Å². The van der Waals surface area contributed by atoms with Crippen LogP contribution in [0, 0.1) is 11.8 Å². The number of ketones is 1. The molecule has 1 aromatic carbocycles. The standard InChI is InChI=1S/C17H22O3/c1-11-6-12(2)9-17(8-11)10-15(18)14-5-4-13(19-3)7-16(14)20-17/h4-5,7,11-12H,6,8-10H2,1-3H3. The van der Waals surface area contributed by atoms with Gasteiger partial charge in [-0.2, -0.15) is 0 Å². The predicted octanol–water partition coefficient (Wildman–Crippen LogP) is 3.86. The Hall–Kier alpha value is -1.51. The van der Waals surface area contributed by atoms with Crippen molar-refractivity contribution in [2.24, 2.45) is 11.8 Å². The van der Waals surface area contributed by atoms with Crippen LogP contribution in [0.4, 0.5) is 0 Å². The van der Waals surface area contributed by atoms with E-state index in [1.54, 1.807) is 7.11 Å². The van der Waals surface area contributed by atoms with Crippen molar-refractivity contribution < 1.29 is 14.3 Å². The van der Waals surface area contributed by atoms with Crippen molar-refractivity contribution in [1.82, 2.24) is 0 Å². The molecule has 1 fully saturated rings. The molecule has 3 heteroatoms. The molecular formula is C17H22O3. The van der Waals surface area contributed by atoms with Crippen molar-refractivity contribution in [2.75, 3.05) is 7.11 Å². The van der Waals surface area contributed by atoms with Crippen LogP contribution in [0.15, 0.2) is 18.2 Å². The molecule has 108 valence electrons. The monoisotopic (exact) mass is 274 g/mol. The minimum Gasteiger partial charge on any atom is -0.497 e. The Morgan fingerprint density at radius 3 is 2.60 bits per heavy atom. The highest BCUT2D eigenvalue weighted by Gasteiger charge is 2.45. The van der Waals surface area contributed by atoms with Crippen LogP contribution in [-0.2, 0) is 0 Å². The molecule has 0 radical (unpaired) electrons. The number of hydrogen-bond acceptors (Lipinski definition) is 3. The Morgan fingerprint density at radius 1 is 1.25 bits per heavy atom. The minimum atomic E-state index is -0.298. The third kappa shape index (κ3) is 2.30. The summed E-state index contributed by atoms with van der Waals surface area (Å²) in [6.45, 7) is 4.51. The molecule has 1 heterocycles. The first kappa shape index (κ1) is 13.5. The van der Waals surface area contributed by atoms with E-state index in [0.717, 1.165) is 18.6 Å². The van der Waals surface area contributed by atoms with Gasteiger partial charge in [-0.3, -0.25) is 4.79 Å². The van der Waals surface area contributed by atoms with E-state index in [0.29, 0.717) is 29.6 Å². The zero-order chi connectivity index (χ0) is 14.3. The first-order valence-electron chi connectivity index (χ1n) is 7.41. The minimum absolute atomic E-state index is 0.204. The average Bonchev–Trinajstić information content (AvgIpc) is 2.36. The Balaban J connectivity index is 1.96. The van der Waals surface area contributed by atoms with E-state index in [4.69, 9.17) is 9.47 Å². The maximum atomic E-state index is 12.5. The fourth-order valence-electron chi connectivity index (χ4n) is 4.04. The topological polar surface area (TPSA) is 35.5 Å². The number of benzene rings is 1. The summed E-state index contributed by atoms with van der Waals surface area (Å²) < 4.78 is 11.6. The lowest BCUT2D eigenvalue weighted by atomic mass is 9.70. The fraction of sp³-hybridized carbons (Fsp3) is 0.588. The molecule has 0 N–H and O–H groups in total. The molecular weight excluding hydrogens is 252 g/mol. The van der Waals surface area contributed by atoms with Crippen molar-refractivity contribution in [3.63, 3.8) is 0 Å². The molecule has 2 atom stereocenters. The van der Waals surface area contributed by atoms with E-state index >= 15 is 0 Å². The second kappa shape index (κ2) is 4.80. The molecule has 3 nitrogen and oxygen atoms in total. The van der Waals surface area contributed by atoms with Crippen LogP contribution in [-0.4, -0.2) is 18.5 Å². The largest absolute Gasteiger partial charge is 0.497 e. The van der Waals surface area contributed by atoms with Gasteiger partial charge in [0.2, 0.25) is 0 Å². The van der Waals surface area contributed by atoms with E-state index in [2.05, 4.69) is 13.8 Å². The Bertz CT molecular complexity index is 525. The normalized spacial score (nSPS) is 32.6. The van der Waals surface area contributed by atoms with E-state index < -0.39 is 0 Å². The Labute approximate surface area is 120 Å². The summed E-state index contributed by atoms with van der Waals surface area (Å²) in [5.41, 5.74) is 0.398. The van der Waals surface area contributed by atoms with Crippen molar-refractivity contribution in [3.05, 3.63) is 23.8 Å². The Morgan fingerprint density at radius 2 is 1.95 bits per heavy atom. The number of Topliss-reactive ketones (excluding diaryl/α,β-unsaturated/α-hetero) is 1. The first-order valence-corrected chi connectivity index (χ1v) is 7.41. The molecule has 1 aliphatic carbocycles. The summed E-state index contributed by atoms with van der Waals surface area (Å²) in [5, 5.41) is 0. The number of carbonyl (C=O) groups is 1. The van der Waals surface area contributed by atoms with E-state index in [-0.39, 0.29) is 11.4 Å². The highest BCUT2D eigenvalue weighted by molar-refractivity contribution is 6.00. The number of methoxy groups -OCH3 is 1. The summed E-state index contributed by atoms with van der Waals surface area (Å²) in [6.07, 6.45) is 3.69. The third-order valence-electron chi connectivity index (χ3n) is 4.54. The first-order chi connectivity index (χ1) is 9.51. The van der Waals surface area contributed by atoms with Gasteiger partial charge < -0.3 is 9.47 Å². The fourth-order valence-corrected chi connectivity index (χ4v) is 4.04. The van der Waals surface area contributed by atoms with Gasteiger partial charge in [-0.05, 0) is 43.2 Å². The third-order valence-corrected chi connectivity index (χ3v) is 4.54. The van der Waals surface area contributed by atoms with Crippen molar-refractivity contribution in [2.45, 2.75) is 45.1 Å². The van der Waals surface area contributed by atoms with Crippen LogP contribution in [0.25, 0.3) is 0 Å². The van der Waals surface area contributed by atoms with E-state index in [1.165, 1.54) is 6.42 Å².